The summed E-state index contributed by atoms with van der Waals surface area (Å²) in [6.07, 6.45) is 8.15. The zero-order chi connectivity index (χ0) is 15.2. The number of hydrogen-bond acceptors (Lipinski definition) is 5. The van der Waals surface area contributed by atoms with Gasteiger partial charge in [0, 0.05) is 49.2 Å². The fourth-order valence-corrected chi connectivity index (χ4v) is 4.85. The second kappa shape index (κ2) is 5.65. The Morgan fingerprint density at radius 3 is 2.87 bits per heavy atom. The van der Waals surface area contributed by atoms with E-state index in [0.717, 1.165) is 32.0 Å². The van der Waals surface area contributed by atoms with Crippen LogP contribution in [0.25, 0.3) is 0 Å². The molecule has 4 heterocycles. The SMILES string of the molecule is c1cc(CN2C[C@H]3C[C@H](c4nc(C5CC5)cs4)O[C@H]3C2)ccn1. The maximum absolute atomic E-state index is 6.35. The number of nitrogens with zero attached hydrogens (tertiary/aromatic N) is 3. The summed E-state index contributed by atoms with van der Waals surface area (Å²) < 4.78 is 6.35. The van der Waals surface area contributed by atoms with E-state index in [-0.39, 0.29) is 6.10 Å². The van der Waals surface area contributed by atoms with E-state index in [1.54, 1.807) is 11.3 Å². The van der Waals surface area contributed by atoms with Crippen LogP contribution in [-0.4, -0.2) is 34.1 Å². The Bertz CT molecular complexity index is 671. The van der Waals surface area contributed by atoms with Crippen LogP contribution in [0.5, 0.6) is 0 Å². The summed E-state index contributed by atoms with van der Waals surface area (Å²) in [5.74, 6) is 1.41. The average Bonchev–Trinajstić information content (AvgIpc) is 2.99. The van der Waals surface area contributed by atoms with Crippen LogP contribution in [0.3, 0.4) is 0 Å². The molecule has 1 aliphatic carbocycles. The molecule has 2 saturated heterocycles. The van der Waals surface area contributed by atoms with Crippen molar-refractivity contribution in [1.29, 1.82) is 0 Å². The lowest BCUT2D eigenvalue weighted by Gasteiger charge is -2.18. The van der Waals surface area contributed by atoms with E-state index in [1.165, 1.54) is 29.1 Å². The van der Waals surface area contributed by atoms with Gasteiger partial charge in [-0.1, -0.05) is 0 Å². The fraction of sp³-hybridized carbons (Fsp3) is 0.556. The highest BCUT2D eigenvalue weighted by atomic mass is 32.1. The first kappa shape index (κ1) is 14.1. The van der Waals surface area contributed by atoms with Crippen molar-refractivity contribution in [2.45, 2.75) is 43.9 Å². The number of likely N-dealkylation sites (tertiary alicyclic amines) is 1. The van der Waals surface area contributed by atoms with E-state index in [9.17, 15) is 0 Å². The highest BCUT2D eigenvalue weighted by Gasteiger charge is 2.43. The van der Waals surface area contributed by atoms with Crippen molar-refractivity contribution in [3.05, 3.63) is 46.2 Å². The Kier molecular flexibility index (Phi) is 3.46. The average molecular weight is 327 g/mol. The van der Waals surface area contributed by atoms with Gasteiger partial charge in [0.25, 0.3) is 0 Å². The van der Waals surface area contributed by atoms with Crippen molar-refractivity contribution >= 4 is 11.3 Å². The Balaban J connectivity index is 1.21. The molecule has 0 aromatic carbocycles. The zero-order valence-electron chi connectivity index (χ0n) is 13.1. The van der Waals surface area contributed by atoms with Crippen LogP contribution in [0, 0.1) is 5.92 Å². The Labute approximate surface area is 140 Å². The van der Waals surface area contributed by atoms with Gasteiger partial charge in [-0.05, 0) is 37.0 Å². The van der Waals surface area contributed by atoms with E-state index < -0.39 is 0 Å². The summed E-state index contributed by atoms with van der Waals surface area (Å²) in [5, 5.41) is 3.46. The third kappa shape index (κ3) is 2.82. The Morgan fingerprint density at radius 1 is 1.22 bits per heavy atom. The lowest BCUT2D eigenvalue weighted by molar-refractivity contribution is 0.0369. The van der Waals surface area contributed by atoms with Gasteiger partial charge in [0.05, 0.1) is 11.8 Å². The highest BCUT2D eigenvalue weighted by Crippen LogP contribution is 2.45. The van der Waals surface area contributed by atoms with Crippen LogP contribution in [0.15, 0.2) is 29.9 Å². The molecule has 120 valence electrons. The first-order chi connectivity index (χ1) is 11.3. The van der Waals surface area contributed by atoms with Crippen molar-refractivity contribution < 1.29 is 4.74 Å². The van der Waals surface area contributed by atoms with Crippen LogP contribution in [0.2, 0.25) is 0 Å². The molecule has 2 aromatic rings. The van der Waals surface area contributed by atoms with Gasteiger partial charge in [-0.2, -0.15) is 0 Å². The number of fused-ring (bicyclic) bond motifs is 1. The predicted molar refractivity (Wildman–Crippen MR) is 89.3 cm³/mol. The molecule has 0 amide bonds. The topological polar surface area (TPSA) is 38.2 Å². The van der Waals surface area contributed by atoms with Gasteiger partial charge < -0.3 is 4.74 Å². The first-order valence-corrected chi connectivity index (χ1v) is 9.45. The molecule has 3 aliphatic rings. The van der Waals surface area contributed by atoms with Gasteiger partial charge in [0.2, 0.25) is 0 Å². The largest absolute Gasteiger partial charge is 0.366 e. The standard InChI is InChI=1S/C18H21N3OS/c1-2-13(1)15-11-23-18(20-15)16-7-14-9-21(10-17(14)22-16)8-12-3-5-19-6-4-12/h3-6,11,13-14,16-17H,1-2,7-10H2/t14-,16-,17+/m1/s1. The lowest BCUT2D eigenvalue weighted by atomic mass is 10.0. The third-order valence-corrected chi connectivity index (χ3v) is 6.23. The summed E-state index contributed by atoms with van der Waals surface area (Å²) in [6, 6.07) is 4.21. The Hall–Kier alpha value is -1.30. The summed E-state index contributed by atoms with van der Waals surface area (Å²) in [7, 11) is 0. The number of aromatic nitrogens is 2. The van der Waals surface area contributed by atoms with Crippen LogP contribution in [-0.2, 0) is 11.3 Å². The molecule has 0 unspecified atom stereocenters. The van der Waals surface area contributed by atoms with E-state index in [2.05, 4.69) is 27.4 Å². The van der Waals surface area contributed by atoms with Gasteiger partial charge in [-0.3, -0.25) is 9.88 Å². The van der Waals surface area contributed by atoms with Crippen molar-refractivity contribution in [2.75, 3.05) is 13.1 Å². The van der Waals surface area contributed by atoms with Crippen molar-refractivity contribution in [3.63, 3.8) is 0 Å². The van der Waals surface area contributed by atoms with Crippen LogP contribution < -0.4 is 0 Å². The van der Waals surface area contributed by atoms with Crippen molar-refractivity contribution in [1.82, 2.24) is 14.9 Å². The molecular formula is C18H21N3OS. The lowest BCUT2D eigenvalue weighted by Crippen LogP contribution is -2.23. The summed E-state index contributed by atoms with van der Waals surface area (Å²) in [4.78, 5) is 11.4. The van der Waals surface area contributed by atoms with Crippen molar-refractivity contribution in [2.24, 2.45) is 5.92 Å². The first-order valence-electron chi connectivity index (χ1n) is 8.57. The minimum Gasteiger partial charge on any atom is -0.366 e. The molecule has 5 rings (SSSR count). The van der Waals surface area contributed by atoms with Gasteiger partial charge in [0.15, 0.2) is 0 Å². The second-order valence-electron chi connectivity index (χ2n) is 7.09. The smallest absolute Gasteiger partial charge is 0.122 e. The summed E-state index contributed by atoms with van der Waals surface area (Å²) in [5.41, 5.74) is 2.65. The maximum Gasteiger partial charge on any atom is 0.122 e. The van der Waals surface area contributed by atoms with Gasteiger partial charge in [0.1, 0.15) is 11.1 Å². The number of hydrogen-bond donors (Lipinski definition) is 0. The molecule has 3 atom stereocenters. The van der Waals surface area contributed by atoms with E-state index in [0.29, 0.717) is 12.0 Å². The molecule has 2 aromatic heterocycles. The number of rotatable bonds is 4. The highest BCUT2D eigenvalue weighted by molar-refractivity contribution is 7.09. The molecule has 0 radical (unpaired) electrons. The molecule has 23 heavy (non-hydrogen) atoms. The number of pyridine rings is 1. The monoisotopic (exact) mass is 327 g/mol. The molecule has 0 N–H and O–H groups in total. The summed E-state index contributed by atoms with van der Waals surface area (Å²) in [6.45, 7) is 3.20. The Morgan fingerprint density at radius 2 is 2.09 bits per heavy atom. The number of ether oxygens (including phenoxy) is 1. The van der Waals surface area contributed by atoms with E-state index >= 15 is 0 Å². The van der Waals surface area contributed by atoms with Crippen LogP contribution in [0.4, 0.5) is 0 Å². The minimum absolute atomic E-state index is 0.241. The normalized spacial score (nSPS) is 30.7. The van der Waals surface area contributed by atoms with Crippen LogP contribution >= 0.6 is 11.3 Å². The minimum atomic E-state index is 0.241. The zero-order valence-corrected chi connectivity index (χ0v) is 13.9. The number of thiazole rings is 1. The molecule has 0 spiro atoms. The quantitative estimate of drug-likeness (QED) is 0.863. The molecule has 0 bridgehead atoms. The molecule has 3 fully saturated rings. The van der Waals surface area contributed by atoms with Gasteiger partial charge in [-0.25, -0.2) is 4.98 Å². The van der Waals surface area contributed by atoms with Gasteiger partial charge >= 0.3 is 0 Å². The third-order valence-electron chi connectivity index (χ3n) is 5.28. The van der Waals surface area contributed by atoms with E-state index in [4.69, 9.17) is 9.72 Å². The molecular weight excluding hydrogens is 306 g/mol. The molecule has 1 saturated carbocycles. The summed E-state index contributed by atoms with van der Waals surface area (Å²) >= 11 is 1.80. The molecule has 5 heteroatoms. The predicted octanol–water partition coefficient (Wildman–Crippen LogP) is 3.38. The second-order valence-corrected chi connectivity index (χ2v) is 7.98. The molecule has 2 aliphatic heterocycles. The molecule has 4 nitrogen and oxygen atoms in total. The fourth-order valence-electron chi connectivity index (χ4n) is 3.90. The van der Waals surface area contributed by atoms with Gasteiger partial charge in [-0.15, -0.1) is 11.3 Å². The van der Waals surface area contributed by atoms with E-state index in [1.807, 2.05) is 12.4 Å². The van der Waals surface area contributed by atoms with Crippen molar-refractivity contribution in [3.8, 4) is 0 Å². The maximum atomic E-state index is 6.35. The van der Waals surface area contributed by atoms with Crippen LogP contribution in [0.1, 0.15) is 47.5 Å².